The molecule has 1 aliphatic carbocycles. The minimum atomic E-state index is 0.564. The van der Waals surface area contributed by atoms with Crippen LogP contribution >= 0.6 is 11.3 Å². The second-order valence-corrected chi connectivity index (χ2v) is 7.24. The van der Waals surface area contributed by atoms with E-state index < -0.39 is 0 Å². The number of aromatic nitrogens is 1. The van der Waals surface area contributed by atoms with Gasteiger partial charge in [0, 0.05) is 43.1 Å². The highest BCUT2D eigenvalue weighted by Gasteiger charge is 2.26. The van der Waals surface area contributed by atoms with Gasteiger partial charge < -0.3 is 15.1 Å². The number of hydrogen-bond donors (Lipinski definition) is 1. The summed E-state index contributed by atoms with van der Waals surface area (Å²) in [6, 6.07) is 1.33. The van der Waals surface area contributed by atoms with Crippen LogP contribution in [0, 0.1) is 0 Å². The molecule has 1 N–H and O–H groups in total. The van der Waals surface area contributed by atoms with E-state index in [1.807, 2.05) is 11.3 Å². The molecular formula is C15H26N4S. The van der Waals surface area contributed by atoms with Crippen LogP contribution in [0.25, 0.3) is 0 Å². The Bertz CT molecular complexity index is 455. The molecule has 1 aliphatic heterocycles. The summed E-state index contributed by atoms with van der Waals surface area (Å²) in [6.45, 7) is 8.91. The molecule has 0 bridgehead atoms. The van der Waals surface area contributed by atoms with Crippen molar-refractivity contribution in [2.45, 2.75) is 51.7 Å². The van der Waals surface area contributed by atoms with Crippen LogP contribution in [-0.2, 0) is 13.0 Å². The molecule has 1 atom stereocenters. The standard InChI is InChI=1S/C15H26N4S/c1-4-13-14(9-16-12-5-6-12)20-15(17-13)19-8-7-18(3)10-11(19)2/h11-12,16H,4-10H2,1-3H3. The number of likely N-dealkylation sites (N-methyl/N-ethyl adjacent to an activating group) is 1. The van der Waals surface area contributed by atoms with Crippen LogP contribution in [0.1, 0.15) is 37.3 Å². The lowest BCUT2D eigenvalue weighted by molar-refractivity contribution is 0.275. The molecule has 1 aromatic heterocycles. The minimum Gasteiger partial charge on any atom is -0.343 e. The van der Waals surface area contributed by atoms with Gasteiger partial charge in [-0.15, -0.1) is 11.3 Å². The van der Waals surface area contributed by atoms with Crippen LogP contribution in [-0.4, -0.2) is 48.6 Å². The zero-order chi connectivity index (χ0) is 14.1. The Kier molecular flexibility index (Phi) is 4.29. The first kappa shape index (κ1) is 14.3. The summed E-state index contributed by atoms with van der Waals surface area (Å²) in [7, 11) is 2.21. The van der Waals surface area contributed by atoms with Gasteiger partial charge in [-0.3, -0.25) is 0 Å². The minimum absolute atomic E-state index is 0.564. The van der Waals surface area contributed by atoms with Gasteiger partial charge in [0.15, 0.2) is 5.13 Å². The van der Waals surface area contributed by atoms with E-state index in [0.29, 0.717) is 6.04 Å². The quantitative estimate of drug-likeness (QED) is 0.901. The van der Waals surface area contributed by atoms with Crippen LogP contribution in [0.2, 0.25) is 0 Å². The molecule has 1 aromatic rings. The van der Waals surface area contributed by atoms with Crippen molar-refractivity contribution in [3.63, 3.8) is 0 Å². The Morgan fingerprint density at radius 3 is 2.80 bits per heavy atom. The highest BCUT2D eigenvalue weighted by molar-refractivity contribution is 7.15. The van der Waals surface area contributed by atoms with Gasteiger partial charge in [-0.25, -0.2) is 4.98 Å². The van der Waals surface area contributed by atoms with E-state index in [2.05, 4.69) is 36.0 Å². The van der Waals surface area contributed by atoms with Crippen molar-refractivity contribution in [3.8, 4) is 0 Å². The molecular weight excluding hydrogens is 268 g/mol. The Morgan fingerprint density at radius 1 is 1.35 bits per heavy atom. The number of rotatable bonds is 5. The second kappa shape index (κ2) is 6.00. The van der Waals surface area contributed by atoms with Gasteiger partial charge in [0.25, 0.3) is 0 Å². The molecule has 0 amide bonds. The van der Waals surface area contributed by atoms with E-state index in [-0.39, 0.29) is 0 Å². The summed E-state index contributed by atoms with van der Waals surface area (Å²) in [6.07, 6.45) is 3.74. The molecule has 5 heteroatoms. The van der Waals surface area contributed by atoms with Crippen molar-refractivity contribution in [2.24, 2.45) is 0 Å². The van der Waals surface area contributed by atoms with Crippen molar-refractivity contribution in [1.29, 1.82) is 0 Å². The fourth-order valence-electron chi connectivity index (χ4n) is 2.86. The lowest BCUT2D eigenvalue weighted by atomic mass is 10.2. The van der Waals surface area contributed by atoms with Crippen molar-refractivity contribution in [1.82, 2.24) is 15.2 Å². The Balaban J connectivity index is 1.71. The van der Waals surface area contributed by atoms with Crippen LogP contribution in [0.4, 0.5) is 5.13 Å². The number of piperazine rings is 1. The summed E-state index contributed by atoms with van der Waals surface area (Å²) in [4.78, 5) is 11.3. The highest BCUT2D eigenvalue weighted by Crippen LogP contribution is 2.30. The van der Waals surface area contributed by atoms with Gasteiger partial charge in [0.1, 0.15) is 0 Å². The number of aryl methyl sites for hydroxylation is 1. The predicted octanol–water partition coefficient (Wildman–Crippen LogP) is 2.10. The lowest BCUT2D eigenvalue weighted by Gasteiger charge is -2.38. The molecule has 2 heterocycles. The molecule has 0 aromatic carbocycles. The zero-order valence-corrected chi connectivity index (χ0v) is 13.7. The summed E-state index contributed by atoms with van der Waals surface area (Å²) < 4.78 is 0. The third-order valence-corrected chi connectivity index (χ3v) is 5.44. The van der Waals surface area contributed by atoms with Crippen LogP contribution in [0.15, 0.2) is 0 Å². The molecule has 1 saturated heterocycles. The van der Waals surface area contributed by atoms with Gasteiger partial charge >= 0.3 is 0 Å². The van der Waals surface area contributed by atoms with E-state index in [1.165, 1.54) is 28.5 Å². The summed E-state index contributed by atoms with van der Waals surface area (Å²) in [5.41, 5.74) is 1.30. The van der Waals surface area contributed by atoms with E-state index >= 15 is 0 Å². The summed E-state index contributed by atoms with van der Waals surface area (Å²) in [5.74, 6) is 0. The lowest BCUT2D eigenvalue weighted by Crippen LogP contribution is -2.50. The molecule has 112 valence electrons. The molecule has 4 nitrogen and oxygen atoms in total. The van der Waals surface area contributed by atoms with Gasteiger partial charge in [0.05, 0.1) is 5.69 Å². The Labute approximate surface area is 126 Å². The molecule has 2 aliphatic rings. The third-order valence-electron chi connectivity index (χ3n) is 4.31. The molecule has 1 saturated carbocycles. The van der Waals surface area contributed by atoms with E-state index in [9.17, 15) is 0 Å². The van der Waals surface area contributed by atoms with E-state index in [4.69, 9.17) is 4.98 Å². The van der Waals surface area contributed by atoms with Gasteiger partial charge in [-0.05, 0) is 33.2 Å². The maximum Gasteiger partial charge on any atom is 0.186 e. The van der Waals surface area contributed by atoms with Crippen molar-refractivity contribution < 1.29 is 0 Å². The average Bonchev–Trinajstić information content (AvgIpc) is 3.16. The maximum absolute atomic E-state index is 4.91. The number of nitrogens with one attached hydrogen (secondary N) is 1. The Morgan fingerprint density at radius 2 is 2.15 bits per heavy atom. The van der Waals surface area contributed by atoms with E-state index in [1.54, 1.807) is 0 Å². The summed E-state index contributed by atoms with van der Waals surface area (Å²) >= 11 is 1.90. The van der Waals surface area contributed by atoms with Crippen molar-refractivity contribution in [3.05, 3.63) is 10.6 Å². The van der Waals surface area contributed by atoms with Crippen molar-refractivity contribution >= 4 is 16.5 Å². The number of nitrogens with zero attached hydrogens (tertiary/aromatic N) is 3. The van der Waals surface area contributed by atoms with Gasteiger partial charge in [-0.1, -0.05) is 6.92 Å². The molecule has 3 rings (SSSR count). The first-order chi connectivity index (χ1) is 9.67. The first-order valence-electron chi connectivity index (χ1n) is 7.84. The smallest absolute Gasteiger partial charge is 0.186 e. The number of anilines is 1. The fourth-order valence-corrected chi connectivity index (χ4v) is 4.08. The Hall–Kier alpha value is -0.650. The van der Waals surface area contributed by atoms with Crippen LogP contribution < -0.4 is 10.2 Å². The molecule has 1 unspecified atom stereocenters. The first-order valence-corrected chi connectivity index (χ1v) is 8.66. The third kappa shape index (κ3) is 3.15. The highest BCUT2D eigenvalue weighted by atomic mass is 32.1. The SMILES string of the molecule is CCc1nc(N2CCN(C)CC2C)sc1CNC1CC1. The maximum atomic E-state index is 4.91. The van der Waals surface area contributed by atoms with Crippen molar-refractivity contribution in [2.75, 3.05) is 31.6 Å². The average molecular weight is 294 g/mol. The summed E-state index contributed by atoms with van der Waals surface area (Å²) in [5, 5.41) is 4.86. The zero-order valence-electron chi connectivity index (χ0n) is 12.9. The topological polar surface area (TPSA) is 31.4 Å². The molecule has 20 heavy (non-hydrogen) atoms. The molecule has 0 spiro atoms. The largest absolute Gasteiger partial charge is 0.343 e. The monoisotopic (exact) mass is 294 g/mol. The molecule has 2 fully saturated rings. The van der Waals surface area contributed by atoms with Gasteiger partial charge in [-0.2, -0.15) is 0 Å². The molecule has 0 radical (unpaired) electrons. The normalized spacial score (nSPS) is 24.4. The number of thiazole rings is 1. The van der Waals surface area contributed by atoms with Crippen LogP contribution in [0.3, 0.4) is 0 Å². The van der Waals surface area contributed by atoms with E-state index in [0.717, 1.165) is 38.6 Å². The van der Waals surface area contributed by atoms with Gasteiger partial charge in [0.2, 0.25) is 0 Å². The van der Waals surface area contributed by atoms with Crippen LogP contribution in [0.5, 0.6) is 0 Å². The fraction of sp³-hybridized carbons (Fsp3) is 0.800. The second-order valence-electron chi connectivity index (χ2n) is 6.18. The number of hydrogen-bond acceptors (Lipinski definition) is 5. The predicted molar refractivity (Wildman–Crippen MR) is 85.7 cm³/mol.